The van der Waals surface area contributed by atoms with Gasteiger partial charge < -0.3 is 10.5 Å². The molecule has 1 atom stereocenters. The number of benzene rings is 2. The number of carbonyl (C=O) groups is 1. The highest BCUT2D eigenvalue weighted by Gasteiger charge is 2.35. The third kappa shape index (κ3) is 3.82. The van der Waals surface area contributed by atoms with Crippen molar-refractivity contribution in [2.45, 2.75) is 50.6 Å². The van der Waals surface area contributed by atoms with Crippen molar-refractivity contribution >= 4 is 11.6 Å². The first-order chi connectivity index (χ1) is 16.5. The van der Waals surface area contributed by atoms with Gasteiger partial charge in [-0.3, -0.25) is 9.69 Å². The first-order valence-corrected chi connectivity index (χ1v) is 11.9. The molecule has 1 saturated carbocycles. The lowest BCUT2D eigenvalue weighted by Gasteiger charge is -2.38. The first-order valence-electron chi connectivity index (χ1n) is 11.9. The van der Waals surface area contributed by atoms with Gasteiger partial charge in [0.1, 0.15) is 11.7 Å². The molecule has 5 rings (SSSR count). The van der Waals surface area contributed by atoms with Gasteiger partial charge in [-0.25, -0.2) is 4.98 Å². The Morgan fingerprint density at radius 1 is 1.15 bits per heavy atom. The Kier molecular flexibility index (Phi) is 5.80. The number of carbonyl (C=O) groups excluding carboxylic acids is 1. The van der Waals surface area contributed by atoms with Crippen LogP contribution in [0.3, 0.4) is 0 Å². The second-order valence-corrected chi connectivity index (χ2v) is 9.15. The predicted octanol–water partition coefficient (Wildman–Crippen LogP) is 5.17. The Bertz CT molecular complexity index is 1240. The van der Waals surface area contributed by atoms with E-state index in [9.17, 15) is 10.1 Å². The van der Waals surface area contributed by atoms with E-state index < -0.39 is 6.04 Å². The molecule has 1 aliphatic heterocycles. The molecule has 6 heteroatoms. The number of hydrogen-bond acceptors (Lipinski definition) is 5. The van der Waals surface area contributed by atoms with Gasteiger partial charge in [-0.2, -0.15) is 5.26 Å². The lowest BCUT2D eigenvalue weighted by Crippen LogP contribution is -2.45. The summed E-state index contributed by atoms with van der Waals surface area (Å²) in [6.07, 6.45) is 4.57. The number of nitrogens with two attached hydrogens (primary N) is 1. The molecule has 1 aromatic heterocycles. The largest absolute Gasteiger partial charge is 0.466 e. The van der Waals surface area contributed by atoms with Crippen LogP contribution >= 0.6 is 0 Å². The molecule has 2 aromatic carbocycles. The van der Waals surface area contributed by atoms with Gasteiger partial charge in [-0.1, -0.05) is 67.9 Å². The molecule has 6 nitrogen and oxygen atoms in total. The molecule has 1 aliphatic carbocycles. The van der Waals surface area contributed by atoms with Crippen LogP contribution < -0.4 is 15.4 Å². The lowest BCUT2D eigenvalue weighted by molar-refractivity contribution is -0.121. The molecule has 0 saturated heterocycles. The number of anilines is 1. The second kappa shape index (κ2) is 8.92. The fourth-order valence-corrected chi connectivity index (χ4v) is 4.83. The number of nitrogens with zero attached hydrogens (tertiary/aromatic N) is 3. The maximum atomic E-state index is 12.8. The standard InChI is InChI=1S/C28H28N4O2/c1-2-7-22(17-29)32-24-16-23(19-8-4-3-5-9-19)26(31-27(24)34-18-25(32)33)20-10-12-21(13-11-20)28(30)14-6-15-28/h3-5,8-13,16,22H,2,6-7,14-15,18,30H2,1H3. The number of aromatic nitrogens is 1. The molecule has 1 unspecified atom stereocenters. The van der Waals surface area contributed by atoms with Crippen molar-refractivity contribution < 1.29 is 9.53 Å². The summed E-state index contributed by atoms with van der Waals surface area (Å²) in [5, 5.41) is 9.77. The van der Waals surface area contributed by atoms with Crippen molar-refractivity contribution in [1.29, 1.82) is 5.26 Å². The van der Waals surface area contributed by atoms with E-state index in [0.717, 1.165) is 53.6 Å². The Morgan fingerprint density at radius 3 is 2.50 bits per heavy atom. The molecule has 172 valence electrons. The molecule has 0 spiro atoms. The average molecular weight is 453 g/mol. The summed E-state index contributed by atoms with van der Waals surface area (Å²) in [6.45, 7) is 1.88. The smallest absolute Gasteiger partial charge is 0.266 e. The van der Waals surface area contributed by atoms with Gasteiger partial charge in [0.15, 0.2) is 6.61 Å². The van der Waals surface area contributed by atoms with E-state index in [0.29, 0.717) is 18.0 Å². The SMILES string of the molecule is CCCC(C#N)N1C(=O)COc2nc(-c3ccc(C4(N)CCC4)cc3)c(-c3ccccc3)cc21. The van der Waals surface area contributed by atoms with Crippen LogP contribution in [0.2, 0.25) is 0 Å². The van der Waals surface area contributed by atoms with E-state index in [1.54, 1.807) is 4.90 Å². The predicted molar refractivity (Wildman–Crippen MR) is 132 cm³/mol. The highest BCUT2D eigenvalue weighted by molar-refractivity contribution is 6.00. The van der Waals surface area contributed by atoms with Crippen LogP contribution in [0, 0.1) is 11.3 Å². The third-order valence-corrected chi connectivity index (χ3v) is 6.92. The van der Waals surface area contributed by atoms with Crippen molar-refractivity contribution in [1.82, 2.24) is 4.98 Å². The highest BCUT2D eigenvalue weighted by atomic mass is 16.5. The van der Waals surface area contributed by atoms with Crippen molar-refractivity contribution in [2.24, 2.45) is 5.73 Å². The monoisotopic (exact) mass is 452 g/mol. The highest BCUT2D eigenvalue weighted by Crippen LogP contribution is 2.43. The zero-order valence-electron chi connectivity index (χ0n) is 19.3. The van der Waals surface area contributed by atoms with Crippen LogP contribution in [0.5, 0.6) is 5.88 Å². The van der Waals surface area contributed by atoms with Crippen molar-refractivity contribution in [3.8, 4) is 34.3 Å². The summed E-state index contributed by atoms with van der Waals surface area (Å²) in [5.74, 6) is 0.156. The van der Waals surface area contributed by atoms with E-state index in [-0.39, 0.29) is 18.1 Å². The Labute approximate surface area is 200 Å². The van der Waals surface area contributed by atoms with Crippen molar-refractivity contribution in [3.05, 3.63) is 66.2 Å². The van der Waals surface area contributed by atoms with Gasteiger partial charge >= 0.3 is 0 Å². The Balaban J connectivity index is 1.64. The summed E-state index contributed by atoms with van der Waals surface area (Å²) in [7, 11) is 0. The van der Waals surface area contributed by atoms with E-state index in [2.05, 4.69) is 30.3 Å². The number of nitriles is 1. The van der Waals surface area contributed by atoms with Crippen LogP contribution in [0.4, 0.5) is 5.69 Å². The summed E-state index contributed by atoms with van der Waals surface area (Å²) >= 11 is 0. The van der Waals surface area contributed by atoms with Crippen LogP contribution in [0.1, 0.15) is 44.6 Å². The molecule has 0 radical (unpaired) electrons. The van der Waals surface area contributed by atoms with Crippen LogP contribution in [0.15, 0.2) is 60.7 Å². The molecular weight excluding hydrogens is 424 g/mol. The lowest BCUT2D eigenvalue weighted by atomic mass is 9.72. The number of ether oxygens (including phenoxy) is 1. The molecule has 2 aliphatic rings. The van der Waals surface area contributed by atoms with Gasteiger partial charge in [-0.15, -0.1) is 0 Å². The zero-order valence-corrected chi connectivity index (χ0v) is 19.3. The van der Waals surface area contributed by atoms with Gasteiger partial charge in [0.25, 0.3) is 5.91 Å². The minimum Gasteiger partial charge on any atom is -0.466 e. The fourth-order valence-electron chi connectivity index (χ4n) is 4.83. The molecular formula is C28H28N4O2. The number of rotatable bonds is 6. The van der Waals surface area contributed by atoms with E-state index in [1.807, 2.05) is 43.3 Å². The molecule has 1 fully saturated rings. The van der Waals surface area contributed by atoms with Crippen molar-refractivity contribution in [3.63, 3.8) is 0 Å². The third-order valence-electron chi connectivity index (χ3n) is 6.92. The normalized spacial score (nSPS) is 17.2. The average Bonchev–Trinajstić information content (AvgIpc) is 2.86. The van der Waals surface area contributed by atoms with E-state index >= 15 is 0 Å². The maximum absolute atomic E-state index is 12.8. The summed E-state index contributed by atoms with van der Waals surface area (Å²) in [4.78, 5) is 19.3. The number of hydrogen-bond donors (Lipinski definition) is 1. The van der Waals surface area contributed by atoms with E-state index in [4.69, 9.17) is 15.5 Å². The molecule has 2 heterocycles. The van der Waals surface area contributed by atoms with Gasteiger partial charge in [0.2, 0.25) is 5.88 Å². The quantitative estimate of drug-likeness (QED) is 0.557. The fraction of sp³-hybridized carbons (Fsp3) is 0.321. The van der Waals surface area contributed by atoms with E-state index in [1.165, 1.54) is 0 Å². The van der Waals surface area contributed by atoms with Crippen LogP contribution in [-0.4, -0.2) is 23.5 Å². The molecule has 34 heavy (non-hydrogen) atoms. The van der Waals surface area contributed by atoms with Gasteiger partial charge in [0, 0.05) is 16.7 Å². The molecule has 2 N–H and O–H groups in total. The number of fused-ring (bicyclic) bond motifs is 1. The van der Waals surface area contributed by atoms with Gasteiger partial charge in [-0.05, 0) is 42.9 Å². The minimum atomic E-state index is -0.557. The summed E-state index contributed by atoms with van der Waals surface area (Å²) < 4.78 is 5.76. The molecule has 0 bridgehead atoms. The van der Waals surface area contributed by atoms with Crippen molar-refractivity contribution in [2.75, 3.05) is 11.5 Å². The topological polar surface area (TPSA) is 92.2 Å². The van der Waals surface area contributed by atoms with Crippen LogP contribution in [-0.2, 0) is 10.3 Å². The Hall–Kier alpha value is -3.69. The number of amides is 1. The molecule has 3 aromatic rings. The zero-order chi connectivity index (χ0) is 23.7. The second-order valence-electron chi connectivity index (χ2n) is 9.15. The minimum absolute atomic E-state index is 0.124. The van der Waals surface area contributed by atoms with Gasteiger partial charge in [0.05, 0.1) is 11.8 Å². The maximum Gasteiger partial charge on any atom is 0.266 e. The Morgan fingerprint density at radius 2 is 1.88 bits per heavy atom. The first kappa shape index (κ1) is 22.1. The molecule has 1 amide bonds. The summed E-state index contributed by atoms with van der Waals surface area (Å²) in [5.41, 5.74) is 11.6. The van der Waals surface area contributed by atoms with Crippen LogP contribution in [0.25, 0.3) is 22.4 Å². The number of pyridine rings is 1. The summed E-state index contributed by atoms with van der Waals surface area (Å²) in [6, 6.07) is 21.9.